The van der Waals surface area contributed by atoms with E-state index in [4.69, 9.17) is 0 Å². The molecule has 0 radical (unpaired) electrons. The zero-order valence-electron chi connectivity index (χ0n) is 13.1. The van der Waals surface area contributed by atoms with E-state index in [1.807, 2.05) is 0 Å². The van der Waals surface area contributed by atoms with Crippen molar-refractivity contribution in [3.63, 3.8) is 0 Å². The molecule has 5 heteroatoms. The van der Waals surface area contributed by atoms with Crippen molar-refractivity contribution in [2.45, 2.75) is 94.1 Å². The van der Waals surface area contributed by atoms with Crippen molar-refractivity contribution in [2.75, 3.05) is 0 Å². The van der Waals surface area contributed by atoms with Crippen molar-refractivity contribution in [3.05, 3.63) is 0 Å². The summed E-state index contributed by atoms with van der Waals surface area (Å²) in [6, 6.07) is 0. The van der Waals surface area contributed by atoms with E-state index in [-0.39, 0.29) is 0 Å². The zero-order valence-corrected chi connectivity index (χ0v) is 15.1. The third kappa shape index (κ3) is 36.3. The van der Waals surface area contributed by atoms with Crippen LogP contribution in [0.25, 0.3) is 0 Å². The average Bonchev–Trinajstić information content (AvgIpc) is 2.34. The van der Waals surface area contributed by atoms with Gasteiger partial charge in [0.2, 0.25) is 0 Å². The smallest absolute Gasteiger partial charge is 0.276 e. The van der Waals surface area contributed by atoms with Crippen LogP contribution in [0.2, 0.25) is 10.6 Å². The molecule has 0 N–H and O–H groups in total. The minimum Gasteiger partial charge on any atom is -0.680 e. The molecular formula is C15H30AlF3S. The summed E-state index contributed by atoms with van der Waals surface area (Å²) in [5.74, 6) is 0. The Balaban J connectivity index is 0. The molecule has 0 amide bonds. The van der Waals surface area contributed by atoms with E-state index in [0.29, 0.717) is 0 Å². The van der Waals surface area contributed by atoms with Crippen LogP contribution in [0.1, 0.15) is 78.1 Å². The van der Waals surface area contributed by atoms with Crippen LogP contribution in [0.4, 0.5) is 13.2 Å². The van der Waals surface area contributed by atoms with E-state index in [1.54, 1.807) is 10.6 Å². The Morgan fingerprint density at radius 1 is 0.700 bits per heavy atom. The van der Waals surface area contributed by atoms with Crippen molar-refractivity contribution < 1.29 is 13.2 Å². The van der Waals surface area contributed by atoms with Gasteiger partial charge in [0, 0.05) is 0 Å². The first-order valence-electron chi connectivity index (χ1n) is 8.00. The van der Waals surface area contributed by atoms with Crippen LogP contribution >= 0.6 is 0 Å². The van der Waals surface area contributed by atoms with Gasteiger partial charge in [0.15, 0.2) is 0 Å². The van der Waals surface area contributed by atoms with E-state index >= 15 is 0 Å². The normalized spacial score (nSPS) is 10.7. The fourth-order valence-electron chi connectivity index (χ4n) is 1.93. The van der Waals surface area contributed by atoms with Gasteiger partial charge in [0.25, 0.3) is 5.51 Å². The molecule has 0 unspecified atom stereocenters. The van der Waals surface area contributed by atoms with Gasteiger partial charge in [-0.1, -0.05) is 0 Å². The first-order valence-corrected chi connectivity index (χ1v) is 10.0. The first kappa shape index (κ1) is 22.9. The van der Waals surface area contributed by atoms with Crippen molar-refractivity contribution in [1.29, 1.82) is 0 Å². The van der Waals surface area contributed by atoms with Crippen LogP contribution in [0.3, 0.4) is 0 Å². The Hall–Kier alpha value is 0.672. The molecule has 0 heterocycles. The number of rotatable bonds is 12. The molecule has 0 nitrogen and oxygen atoms in total. The maximum Gasteiger partial charge on any atom is 0.276 e. The predicted octanol–water partition coefficient (Wildman–Crippen LogP) is 6.52. The quantitative estimate of drug-likeness (QED) is 0.223. The molecule has 120 valence electrons. The van der Waals surface area contributed by atoms with Gasteiger partial charge in [-0.3, -0.25) is 0 Å². The maximum atomic E-state index is 10.2. The molecule has 0 aromatic carbocycles. The summed E-state index contributed by atoms with van der Waals surface area (Å²) in [5, 5.41) is 3.13. The van der Waals surface area contributed by atoms with Crippen LogP contribution in [0.5, 0.6) is 0 Å². The third-order valence-corrected chi connectivity index (χ3v) is 4.66. The molecule has 0 aromatic rings. The second-order valence-corrected chi connectivity index (χ2v) is 7.34. The van der Waals surface area contributed by atoms with Gasteiger partial charge in [0.1, 0.15) is 0 Å². The van der Waals surface area contributed by atoms with E-state index < -0.39 is 5.51 Å². The van der Waals surface area contributed by atoms with Crippen molar-refractivity contribution in [3.8, 4) is 0 Å². The molecule has 0 atom stereocenters. The fraction of sp³-hybridized carbons (Fsp3) is 1.00. The summed E-state index contributed by atoms with van der Waals surface area (Å²) in [6.07, 6.45) is 14.6. The van der Waals surface area contributed by atoms with Crippen molar-refractivity contribution in [2.24, 2.45) is 0 Å². The van der Waals surface area contributed by atoms with E-state index in [0.717, 1.165) is 15.2 Å². The van der Waals surface area contributed by atoms with Gasteiger partial charge < -0.3 is 12.6 Å². The minimum atomic E-state index is -4.42. The molecule has 0 spiro atoms. The molecule has 0 aromatic heterocycles. The SMILES string of the molecule is CCCCCC[CH2][Al+][CH2]CCCCCC.FC(F)(F)[S-]. The fourth-order valence-corrected chi connectivity index (χ4v) is 3.37. The topological polar surface area (TPSA) is 0 Å². The minimum absolute atomic E-state index is 0.799. The van der Waals surface area contributed by atoms with Gasteiger partial charge in [-0.2, -0.15) is 13.2 Å². The molecule has 0 saturated carbocycles. The van der Waals surface area contributed by atoms with Crippen LogP contribution in [0, 0.1) is 0 Å². The van der Waals surface area contributed by atoms with Crippen LogP contribution in [0.15, 0.2) is 0 Å². The number of hydrogen-bond donors (Lipinski definition) is 0. The van der Waals surface area contributed by atoms with Crippen molar-refractivity contribution >= 4 is 27.8 Å². The van der Waals surface area contributed by atoms with Crippen LogP contribution < -0.4 is 0 Å². The Bertz CT molecular complexity index is 157. The largest absolute Gasteiger partial charge is 0.680 e. The zero-order chi connectivity index (χ0) is 15.7. The van der Waals surface area contributed by atoms with Crippen LogP contribution in [-0.4, -0.2) is 20.7 Å². The Kier molecular flexibility index (Phi) is 20.3. The van der Waals surface area contributed by atoms with Gasteiger partial charge in [-0.15, -0.1) is 0 Å². The molecule has 0 aliphatic heterocycles. The van der Waals surface area contributed by atoms with Gasteiger partial charge in [-0.05, 0) is 0 Å². The summed E-state index contributed by atoms with van der Waals surface area (Å²) < 4.78 is 30.5. The second kappa shape index (κ2) is 17.7. The molecule has 20 heavy (non-hydrogen) atoms. The summed E-state index contributed by atoms with van der Waals surface area (Å²) in [5.41, 5.74) is -4.42. The molecule has 0 aliphatic carbocycles. The Labute approximate surface area is 135 Å². The number of unbranched alkanes of at least 4 members (excludes halogenated alkanes) is 8. The number of hydrogen-bond acceptors (Lipinski definition) is 1. The third-order valence-electron chi connectivity index (χ3n) is 3.02. The molecule has 0 bridgehead atoms. The molecule has 0 fully saturated rings. The van der Waals surface area contributed by atoms with E-state index in [2.05, 4.69) is 26.5 Å². The van der Waals surface area contributed by atoms with E-state index in [9.17, 15) is 13.2 Å². The van der Waals surface area contributed by atoms with Gasteiger partial charge >= 0.3 is 104 Å². The Morgan fingerprint density at radius 3 is 1.30 bits per heavy atom. The molecule has 0 aliphatic rings. The maximum absolute atomic E-state index is 10.2. The molecule has 0 rings (SSSR count). The van der Waals surface area contributed by atoms with Gasteiger partial charge in [-0.25, -0.2) is 0 Å². The van der Waals surface area contributed by atoms with Gasteiger partial charge in [0.05, 0.1) is 0 Å². The van der Waals surface area contributed by atoms with Crippen molar-refractivity contribution in [1.82, 2.24) is 0 Å². The number of alkyl halides is 3. The summed E-state index contributed by atoms with van der Waals surface area (Å²) in [6.45, 7) is 4.59. The van der Waals surface area contributed by atoms with Crippen LogP contribution in [-0.2, 0) is 12.6 Å². The summed E-state index contributed by atoms with van der Waals surface area (Å²) >= 11 is 3.63. The number of halogens is 3. The molecular weight excluding hydrogens is 296 g/mol. The monoisotopic (exact) mass is 326 g/mol. The second-order valence-electron chi connectivity index (χ2n) is 5.14. The summed E-state index contributed by atoms with van der Waals surface area (Å²) in [7, 11) is 0. The predicted molar refractivity (Wildman–Crippen MR) is 86.3 cm³/mol. The standard InChI is InChI=1S/2C7H15.CHF3S.Al/c2*1-3-5-7-6-4-2;2-1(3,4)5;/h2*1,3-7H2,2H3;5H;/q;;;+1/p-1. The Morgan fingerprint density at radius 2 is 1.00 bits per heavy atom. The summed E-state index contributed by atoms with van der Waals surface area (Å²) in [4.78, 5) is 0. The first-order chi connectivity index (χ1) is 9.41. The molecule has 0 saturated heterocycles. The van der Waals surface area contributed by atoms with E-state index in [1.165, 1.54) is 64.2 Å². The average molecular weight is 326 g/mol.